The molecule has 0 saturated carbocycles. The molecule has 0 radical (unpaired) electrons. The first-order valence-electron chi connectivity index (χ1n) is 5.80. The van der Waals surface area contributed by atoms with Gasteiger partial charge in [0.1, 0.15) is 11.5 Å². The Morgan fingerprint density at radius 2 is 2.11 bits per heavy atom. The first-order valence-corrected chi connectivity index (χ1v) is 5.80. The Morgan fingerprint density at radius 3 is 2.67 bits per heavy atom. The van der Waals surface area contributed by atoms with E-state index in [9.17, 15) is 15.0 Å². The Kier molecular flexibility index (Phi) is 4.97. The number of amides is 1. The molecule has 18 heavy (non-hydrogen) atoms. The third-order valence-electron chi connectivity index (χ3n) is 2.52. The number of ether oxygens (including phenoxy) is 1. The van der Waals surface area contributed by atoms with Crippen LogP contribution in [0.1, 0.15) is 30.6 Å². The summed E-state index contributed by atoms with van der Waals surface area (Å²) in [6.07, 6.45) is -0.0320. The van der Waals surface area contributed by atoms with Crippen molar-refractivity contribution in [2.75, 3.05) is 7.11 Å². The van der Waals surface area contributed by atoms with E-state index >= 15 is 0 Å². The summed E-state index contributed by atoms with van der Waals surface area (Å²) in [5.74, 6) is 0.0122. The first kappa shape index (κ1) is 14.3. The standard InChI is InChI=1S/C13H19NO4/c1-8(6-9(2)15)14-13(17)11-7-10(18-3)4-5-12(11)16/h4-5,7-9,15-16H,6H2,1-3H3,(H,14,17). The molecule has 0 aliphatic carbocycles. The Hall–Kier alpha value is -1.75. The van der Waals surface area contributed by atoms with Crippen molar-refractivity contribution in [3.63, 3.8) is 0 Å². The zero-order chi connectivity index (χ0) is 13.7. The lowest BCUT2D eigenvalue weighted by Gasteiger charge is -2.16. The lowest BCUT2D eigenvalue weighted by molar-refractivity contribution is 0.0920. The summed E-state index contributed by atoms with van der Waals surface area (Å²) < 4.78 is 5.00. The van der Waals surface area contributed by atoms with Crippen molar-refractivity contribution in [2.45, 2.75) is 32.4 Å². The number of aliphatic hydroxyl groups excluding tert-OH is 1. The maximum atomic E-state index is 11.9. The number of hydrogen-bond acceptors (Lipinski definition) is 4. The van der Waals surface area contributed by atoms with Crippen LogP contribution in [0.5, 0.6) is 11.5 Å². The van der Waals surface area contributed by atoms with E-state index in [4.69, 9.17) is 4.74 Å². The van der Waals surface area contributed by atoms with Gasteiger partial charge < -0.3 is 20.3 Å². The molecule has 1 aromatic rings. The van der Waals surface area contributed by atoms with E-state index in [0.717, 1.165) is 0 Å². The Balaban J connectivity index is 2.77. The Morgan fingerprint density at radius 1 is 1.44 bits per heavy atom. The summed E-state index contributed by atoms with van der Waals surface area (Å²) in [4.78, 5) is 11.9. The van der Waals surface area contributed by atoms with Gasteiger partial charge in [0.25, 0.3) is 5.91 Å². The monoisotopic (exact) mass is 253 g/mol. The SMILES string of the molecule is COc1ccc(O)c(C(=O)NC(C)CC(C)O)c1. The van der Waals surface area contributed by atoms with Gasteiger partial charge in [-0.15, -0.1) is 0 Å². The molecule has 1 amide bonds. The fraction of sp³-hybridized carbons (Fsp3) is 0.462. The normalized spacial score (nSPS) is 13.8. The summed E-state index contributed by atoms with van der Waals surface area (Å²) in [6.45, 7) is 3.45. The number of carbonyl (C=O) groups is 1. The highest BCUT2D eigenvalue weighted by molar-refractivity contribution is 5.97. The van der Waals surface area contributed by atoms with Crippen molar-refractivity contribution in [3.8, 4) is 11.5 Å². The number of aromatic hydroxyl groups is 1. The third-order valence-corrected chi connectivity index (χ3v) is 2.52. The van der Waals surface area contributed by atoms with Crippen molar-refractivity contribution in [1.82, 2.24) is 5.32 Å². The molecule has 2 atom stereocenters. The van der Waals surface area contributed by atoms with Gasteiger partial charge in [-0.2, -0.15) is 0 Å². The molecule has 3 N–H and O–H groups in total. The molecule has 0 aliphatic heterocycles. The largest absolute Gasteiger partial charge is 0.507 e. The topological polar surface area (TPSA) is 78.8 Å². The average molecular weight is 253 g/mol. The smallest absolute Gasteiger partial charge is 0.255 e. The maximum absolute atomic E-state index is 11.9. The third kappa shape index (κ3) is 3.92. The number of benzene rings is 1. The second-order valence-electron chi connectivity index (χ2n) is 4.34. The van der Waals surface area contributed by atoms with E-state index in [1.165, 1.54) is 19.2 Å². The molecular weight excluding hydrogens is 234 g/mol. The van der Waals surface area contributed by atoms with Crippen LogP contribution in [0.25, 0.3) is 0 Å². The van der Waals surface area contributed by atoms with Gasteiger partial charge in [0.05, 0.1) is 18.8 Å². The molecule has 0 fully saturated rings. The van der Waals surface area contributed by atoms with Gasteiger partial charge in [-0.1, -0.05) is 0 Å². The van der Waals surface area contributed by atoms with Gasteiger partial charge in [-0.25, -0.2) is 0 Å². The number of methoxy groups -OCH3 is 1. The molecule has 0 aliphatic rings. The van der Waals surface area contributed by atoms with Gasteiger partial charge in [-0.3, -0.25) is 4.79 Å². The van der Waals surface area contributed by atoms with Gasteiger partial charge in [-0.05, 0) is 38.5 Å². The molecule has 0 aromatic heterocycles. The number of nitrogens with one attached hydrogen (secondary N) is 1. The lowest BCUT2D eigenvalue weighted by Crippen LogP contribution is -2.34. The van der Waals surface area contributed by atoms with Crippen LogP contribution in [0.4, 0.5) is 0 Å². The summed E-state index contributed by atoms with van der Waals surface area (Å²) >= 11 is 0. The second kappa shape index (κ2) is 6.26. The zero-order valence-electron chi connectivity index (χ0n) is 10.8. The molecule has 0 bridgehead atoms. The van der Waals surface area contributed by atoms with Gasteiger partial charge in [0, 0.05) is 6.04 Å². The summed E-state index contributed by atoms with van der Waals surface area (Å²) in [6, 6.07) is 4.28. The highest BCUT2D eigenvalue weighted by Crippen LogP contribution is 2.22. The zero-order valence-corrected chi connectivity index (χ0v) is 10.8. The first-order chi connectivity index (χ1) is 8.43. The molecule has 1 rings (SSSR count). The number of carbonyl (C=O) groups excluding carboxylic acids is 1. The van der Waals surface area contributed by atoms with E-state index in [0.29, 0.717) is 12.2 Å². The quantitative estimate of drug-likeness (QED) is 0.739. The van der Waals surface area contributed by atoms with Crippen LogP contribution in [0, 0.1) is 0 Å². The molecule has 2 unspecified atom stereocenters. The fourth-order valence-electron chi connectivity index (χ4n) is 1.70. The predicted octanol–water partition coefficient (Wildman–Crippen LogP) is 1.29. The molecule has 0 spiro atoms. The van der Waals surface area contributed by atoms with E-state index in [1.54, 1.807) is 19.9 Å². The van der Waals surface area contributed by atoms with E-state index in [2.05, 4.69) is 5.32 Å². The molecule has 100 valence electrons. The Labute approximate surface area is 106 Å². The summed E-state index contributed by atoms with van der Waals surface area (Å²) in [7, 11) is 1.49. The number of phenols is 1. The lowest BCUT2D eigenvalue weighted by atomic mass is 10.1. The minimum absolute atomic E-state index is 0.0995. The summed E-state index contributed by atoms with van der Waals surface area (Å²) in [5, 5.41) is 21.6. The van der Waals surface area contributed by atoms with Gasteiger partial charge in [0.15, 0.2) is 0 Å². The molecular formula is C13H19NO4. The highest BCUT2D eigenvalue weighted by Gasteiger charge is 2.15. The van der Waals surface area contributed by atoms with Crippen molar-refractivity contribution >= 4 is 5.91 Å². The van der Waals surface area contributed by atoms with Crippen LogP contribution in [0.2, 0.25) is 0 Å². The van der Waals surface area contributed by atoms with E-state index in [-0.39, 0.29) is 23.3 Å². The van der Waals surface area contributed by atoms with E-state index < -0.39 is 6.10 Å². The van der Waals surface area contributed by atoms with Crippen LogP contribution >= 0.6 is 0 Å². The molecule has 0 saturated heterocycles. The molecule has 0 heterocycles. The van der Waals surface area contributed by atoms with Crippen molar-refractivity contribution < 1.29 is 19.7 Å². The molecule has 5 nitrogen and oxygen atoms in total. The second-order valence-corrected chi connectivity index (χ2v) is 4.34. The van der Waals surface area contributed by atoms with Crippen LogP contribution in [0.15, 0.2) is 18.2 Å². The predicted molar refractivity (Wildman–Crippen MR) is 67.9 cm³/mol. The highest BCUT2D eigenvalue weighted by atomic mass is 16.5. The number of rotatable bonds is 5. The van der Waals surface area contributed by atoms with Crippen LogP contribution in [-0.2, 0) is 0 Å². The maximum Gasteiger partial charge on any atom is 0.255 e. The molecule has 5 heteroatoms. The van der Waals surface area contributed by atoms with Crippen molar-refractivity contribution in [2.24, 2.45) is 0 Å². The number of phenolic OH excluding ortho intramolecular Hbond substituents is 1. The summed E-state index contributed by atoms with van der Waals surface area (Å²) in [5.41, 5.74) is 0.159. The minimum Gasteiger partial charge on any atom is -0.507 e. The number of hydrogen-bond donors (Lipinski definition) is 3. The van der Waals surface area contributed by atoms with Crippen LogP contribution < -0.4 is 10.1 Å². The van der Waals surface area contributed by atoms with Crippen molar-refractivity contribution in [3.05, 3.63) is 23.8 Å². The molecule has 1 aromatic carbocycles. The minimum atomic E-state index is -0.487. The average Bonchev–Trinajstić information content (AvgIpc) is 2.28. The van der Waals surface area contributed by atoms with Crippen LogP contribution in [0.3, 0.4) is 0 Å². The van der Waals surface area contributed by atoms with E-state index in [1.807, 2.05) is 0 Å². The fourth-order valence-corrected chi connectivity index (χ4v) is 1.70. The van der Waals surface area contributed by atoms with Crippen molar-refractivity contribution in [1.29, 1.82) is 0 Å². The van der Waals surface area contributed by atoms with Gasteiger partial charge in [0.2, 0.25) is 0 Å². The van der Waals surface area contributed by atoms with Gasteiger partial charge >= 0.3 is 0 Å². The van der Waals surface area contributed by atoms with Crippen LogP contribution in [-0.4, -0.2) is 35.4 Å². The Bertz CT molecular complexity index is 417. The number of aliphatic hydroxyl groups is 1.